The average Bonchev–Trinajstić information content (AvgIpc) is 3.07. The Labute approximate surface area is 134 Å². The molecule has 0 aliphatic heterocycles. The quantitative estimate of drug-likeness (QED) is 0.886. The molecule has 6 nitrogen and oxygen atoms in total. The molecule has 2 amide bonds. The lowest BCUT2D eigenvalue weighted by atomic mass is 10.2. The molecule has 0 unspecified atom stereocenters. The van der Waals surface area contributed by atoms with Gasteiger partial charge in [-0.1, -0.05) is 0 Å². The second-order valence-corrected chi connectivity index (χ2v) is 4.94. The van der Waals surface area contributed by atoms with Crippen LogP contribution in [0.25, 0.3) is 0 Å². The predicted octanol–water partition coefficient (Wildman–Crippen LogP) is 2.21. The summed E-state index contributed by atoms with van der Waals surface area (Å²) in [5.41, 5.74) is 1.18. The minimum atomic E-state index is -0.165. The standard InChI is InChI=1S/C17H17N3O3/c1-13(21)20(15-6-4-14(11-18)5-7-15)9-8-17(22)19-12-16-3-2-10-23-16/h2-7,10H,8-9,12H2,1H3,(H,19,22). The molecule has 1 aromatic heterocycles. The minimum absolute atomic E-state index is 0.159. The lowest BCUT2D eigenvalue weighted by Gasteiger charge is -2.21. The fraction of sp³-hybridized carbons (Fsp3) is 0.235. The van der Waals surface area contributed by atoms with Crippen molar-refractivity contribution < 1.29 is 14.0 Å². The van der Waals surface area contributed by atoms with Crippen LogP contribution in [0.3, 0.4) is 0 Å². The maximum atomic E-state index is 11.9. The van der Waals surface area contributed by atoms with E-state index in [0.717, 1.165) is 0 Å². The molecule has 2 rings (SSSR count). The van der Waals surface area contributed by atoms with Gasteiger partial charge in [-0.15, -0.1) is 0 Å². The number of amides is 2. The molecule has 0 aliphatic rings. The van der Waals surface area contributed by atoms with Crippen LogP contribution in [0, 0.1) is 11.3 Å². The molecule has 0 bridgehead atoms. The summed E-state index contributed by atoms with van der Waals surface area (Å²) in [4.78, 5) is 25.1. The Hall–Kier alpha value is -3.07. The van der Waals surface area contributed by atoms with Gasteiger partial charge in [0.15, 0.2) is 0 Å². The largest absolute Gasteiger partial charge is 0.467 e. The predicted molar refractivity (Wildman–Crippen MR) is 84.4 cm³/mol. The molecule has 6 heteroatoms. The summed E-state index contributed by atoms with van der Waals surface area (Å²) in [6.07, 6.45) is 1.73. The van der Waals surface area contributed by atoms with E-state index in [0.29, 0.717) is 23.6 Å². The van der Waals surface area contributed by atoms with Crippen molar-refractivity contribution in [2.24, 2.45) is 0 Å². The third kappa shape index (κ3) is 4.71. The van der Waals surface area contributed by atoms with Crippen molar-refractivity contribution in [1.29, 1.82) is 5.26 Å². The molecule has 118 valence electrons. The van der Waals surface area contributed by atoms with Crippen LogP contribution in [-0.2, 0) is 16.1 Å². The number of nitrogens with one attached hydrogen (secondary N) is 1. The Morgan fingerprint density at radius 3 is 2.57 bits per heavy atom. The van der Waals surface area contributed by atoms with Gasteiger partial charge in [0.25, 0.3) is 0 Å². The first kappa shape index (κ1) is 16.3. The van der Waals surface area contributed by atoms with Crippen LogP contribution in [-0.4, -0.2) is 18.4 Å². The van der Waals surface area contributed by atoms with Crippen molar-refractivity contribution in [2.75, 3.05) is 11.4 Å². The number of hydrogen-bond acceptors (Lipinski definition) is 4. The van der Waals surface area contributed by atoms with Crippen LogP contribution in [0.2, 0.25) is 0 Å². The fourth-order valence-corrected chi connectivity index (χ4v) is 2.08. The van der Waals surface area contributed by atoms with E-state index < -0.39 is 0 Å². The highest BCUT2D eigenvalue weighted by Crippen LogP contribution is 2.15. The lowest BCUT2D eigenvalue weighted by Crippen LogP contribution is -2.33. The first-order chi connectivity index (χ1) is 11.1. The number of nitriles is 1. The topological polar surface area (TPSA) is 86.3 Å². The molecular formula is C17H17N3O3. The highest BCUT2D eigenvalue weighted by molar-refractivity contribution is 5.92. The summed E-state index contributed by atoms with van der Waals surface area (Å²) >= 11 is 0. The fourth-order valence-electron chi connectivity index (χ4n) is 2.08. The molecule has 0 spiro atoms. The van der Waals surface area contributed by atoms with Gasteiger partial charge in [0.1, 0.15) is 5.76 Å². The van der Waals surface area contributed by atoms with Crippen molar-refractivity contribution in [3.63, 3.8) is 0 Å². The monoisotopic (exact) mass is 311 g/mol. The van der Waals surface area contributed by atoms with Gasteiger partial charge in [-0.2, -0.15) is 5.26 Å². The van der Waals surface area contributed by atoms with Gasteiger partial charge >= 0.3 is 0 Å². The van der Waals surface area contributed by atoms with Gasteiger partial charge < -0.3 is 14.6 Å². The molecule has 23 heavy (non-hydrogen) atoms. The summed E-state index contributed by atoms with van der Waals surface area (Å²) in [6, 6.07) is 12.2. The second kappa shape index (κ2) is 7.80. The molecule has 0 saturated heterocycles. The van der Waals surface area contributed by atoms with E-state index in [4.69, 9.17) is 9.68 Å². The van der Waals surface area contributed by atoms with E-state index >= 15 is 0 Å². The van der Waals surface area contributed by atoms with Gasteiger partial charge in [-0.05, 0) is 36.4 Å². The number of benzene rings is 1. The number of furan rings is 1. The van der Waals surface area contributed by atoms with Crippen molar-refractivity contribution in [3.8, 4) is 6.07 Å². The van der Waals surface area contributed by atoms with Crippen molar-refractivity contribution in [3.05, 3.63) is 54.0 Å². The van der Waals surface area contributed by atoms with Crippen LogP contribution in [0.15, 0.2) is 47.1 Å². The number of hydrogen-bond donors (Lipinski definition) is 1. The van der Waals surface area contributed by atoms with Gasteiger partial charge in [-0.3, -0.25) is 9.59 Å². The smallest absolute Gasteiger partial charge is 0.223 e. The molecule has 0 atom stereocenters. The van der Waals surface area contributed by atoms with Crippen LogP contribution in [0.4, 0.5) is 5.69 Å². The normalized spacial score (nSPS) is 9.91. The Balaban J connectivity index is 1.90. The van der Waals surface area contributed by atoms with Crippen LogP contribution in [0.5, 0.6) is 0 Å². The molecular weight excluding hydrogens is 294 g/mol. The number of anilines is 1. The van der Waals surface area contributed by atoms with Crippen molar-refractivity contribution >= 4 is 17.5 Å². The van der Waals surface area contributed by atoms with Gasteiger partial charge in [-0.25, -0.2) is 0 Å². The zero-order valence-electron chi connectivity index (χ0n) is 12.8. The number of rotatable bonds is 6. The van der Waals surface area contributed by atoms with Crippen LogP contribution < -0.4 is 10.2 Å². The summed E-state index contributed by atoms with van der Waals surface area (Å²) in [5.74, 6) is 0.351. The highest BCUT2D eigenvalue weighted by atomic mass is 16.3. The maximum Gasteiger partial charge on any atom is 0.223 e. The summed E-state index contributed by atoms with van der Waals surface area (Å²) in [7, 11) is 0. The minimum Gasteiger partial charge on any atom is -0.467 e. The molecule has 2 aromatic rings. The third-order valence-electron chi connectivity index (χ3n) is 3.29. The Bertz CT molecular complexity index is 700. The van der Waals surface area contributed by atoms with Gasteiger partial charge in [0.05, 0.1) is 24.4 Å². The van der Waals surface area contributed by atoms with Gasteiger partial charge in [0.2, 0.25) is 11.8 Å². The first-order valence-electron chi connectivity index (χ1n) is 7.17. The van der Waals surface area contributed by atoms with E-state index in [1.165, 1.54) is 11.8 Å². The maximum absolute atomic E-state index is 11.9. The van der Waals surface area contributed by atoms with Crippen LogP contribution in [0.1, 0.15) is 24.7 Å². The molecule has 0 radical (unpaired) electrons. The SMILES string of the molecule is CC(=O)N(CCC(=O)NCc1ccco1)c1ccc(C#N)cc1. The van der Waals surface area contributed by atoms with Gasteiger partial charge in [0, 0.05) is 25.6 Å². The van der Waals surface area contributed by atoms with Crippen molar-refractivity contribution in [2.45, 2.75) is 19.9 Å². The van der Waals surface area contributed by atoms with Crippen LogP contribution >= 0.6 is 0 Å². The van der Waals surface area contributed by atoms with E-state index in [2.05, 4.69) is 5.32 Å². The summed E-state index contributed by atoms with van der Waals surface area (Å²) in [5, 5.41) is 11.5. The number of carbonyl (C=O) groups excluding carboxylic acids is 2. The first-order valence-corrected chi connectivity index (χ1v) is 7.17. The zero-order chi connectivity index (χ0) is 16.7. The molecule has 1 N–H and O–H groups in total. The average molecular weight is 311 g/mol. The molecule has 1 heterocycles. The highest BCUT2D eigenvalue weighted by Gasteiger charge is 2.13. The van der Waals surface area contributed by atoms with E-state index in [1.807, 2.05) is 6.07 Å². The molecule has 0 aliphatic carbocycles. The molecule has 0 fully saturated rings. The van der Waals surface area contributed by atoms with E-state index in [9.17, 15) is 9.59 Å². The Morgan fingerprint density at radius 2 is 2.00 bits per heavy atom. The Kier molecular flexibility index (Phi) is 5.53. The summed E-state index contributed by atoms with van der Waals surface area (Å²) in [6.45, 7) is 2.03. The Morgan fingerprint density at radius 1 is 1.26 bits per heavy atom. The third-order valence-corrected chi connectivity index (χ3v) is 3.29. The molecule has 1 aromatic carbocycles. The lowest BCUT2D eigenvalue weighted by molar-refractivity contribution is -0.121. The van der Waals surface area contributed by atoms with E-state index in [-0.39, 0.29) is 24.8 Å². The zero-order valence-corrected chi connectivity index (χ0v) is 12.8. The van der Waals surface area contributed by atoms with Crippen molar-refractivity contribution in [1.82, 2.24) is 5.32 Å². The molecule has 0 saturated carbocycles. The number of carbonyl (C=O) groups is 2. The second-order valence-electron chi connectivity index (χ2n) is 4.94. The summed E-state index contributed by atoms with van der Waals surface area (Å²) < 4.78 is 5.13. The number of nitrogens with zero attached hydrogens (tertiary/aromatic N) is 2. The van der Waals surface area contributed by atoms with E-state index in [1.54, 1.807) is 42.7 Å².